The summed E-state index contributed by atoms with van der Waals surface area (Å²) >= 11 is 4.70. The summed E-state index contributed by atoms with van der Waals surface area (Å²) in [4.78, 5) is 24.6. The van der Waals surface area contributed by atoms with Crippen LogP contribution >= 0.6 is 27.7 Å². The van der Waals surface area contributed by atoms with Crippen LogP contribution in [0.3, 0.4) is 0 Å². The lowest BCUT2D eigenvalue weighted by atomic mass is 10.1. The molecule has 2 N–H and O–H groups in total. The Morgan fingerprint density at radius 2 is 1.93 bits per heavy atom. The fourth-order valence-corrected chi connectivity index (χ4v) is 3.96. The third-order valence-corrected chi connectivity index (χ3v) is 5.92. The number of anilines is 1. The maximum Gasteiger partial charge on any atom is 0.251 e. The molecule has 7 nitrogen and oxygen atoms in total. The molecule has 1 aromatic heterocycles. The van der Waals surface area contributed by atoms with Gasteiger partial charge in [-0.05, 0) is 49.7 Å². The van der Waals surface area contributed by atoms with E-state index in [4.69, 9.17) is 0 Å². The van der Waals surface area contributed by atoms with Crippen molar-refractivity contribution in [3.8, 4) is 0 Å². The van der Waals surface area contributed by atoms with E-state index in [1.807, 2.05) is 57.3 Å². The molecule has 0 saturated heterocycles. The number of rotatable bonds is 7. The van der Waals surface area contributed by atoms with E-state index in [9.17, 15) is 9.59 Å². The van der Waals surface area contributed by atoms with Crippen LogP contribution in [0.5, 0.6) is 0 Å². The Kier molecular flexibility index (Phi) is 7.28. The number of hydrogen-bond acceptors (Lipinski definition) is 5. The van der Waals surface area contributed by atoms with Gasteiger partial charge in [0.05, 0.1) is 12.3 Å². The predicted octanol–water partition coefficient (Wildman–Crippen LogP) is 3.86. The van der Waals surface area contributed by atoms with Gasteiger partial charge >= 0.3 is 0 Å². The predicted molar refractivity (Wildman–Crippen MR) is 122 cm³/mol. The Morgan fingerprint density at radius 3 is 2.67 bits per heavy atom. The Morgan fingerprint density at radius 1 is 1.13 bits per heavy atom. The third kappa shape index (κ3) is 5.70. The van der Waals surface area contributed by atoms with Crippen molar-refractivity contribution in [2.24, 2.45) is 7.05 Å². The first-order valence-electron chi connectivity index (χ1n) is 9.25. The number of carbonyl (C=O) groups excluding carboxylic acids is 2. The van der Waals surface area contributed by atoms with Gasteiger partial charge in [0.15, 0.2) is 11.0 Å². The standard InChI is InChI=1S/C21H22BrN5O2S/c1-13-5-4-6-15(9-13)20(29)23-11-18-25-26-21(27(18)3)30-12-19(28)24-17-8-7-16(22)10-14(17)2/h4-10H,11-12H2,1-3H3,(H,23,29)(H,24,28). The van der Waals surface area contributed by atoms with Gasteiger partial charge < -0.3 is 15.2 Å². The summed E-state index contributed by atoms with van der Waals surface area (Å²) in [7, 11) is 1.81. The average molecular weight is 488 g/mol. The second-order valence-corrected chi connectivity index (χ2v) is 8.66. The summed E-state index contributed by atoms with van der Waals surface area (Å²) in [6.45, 7) is 4.13. The van der Waals surface area contributed by atoms with Gasteiger partial charge in [0.2, 0.25) is 5.91 Å². The van der Waals surface area contributed by atoms with E-state index in [1.165, 1.54) is 11.8 Å². The van der Waals surface area contributed by atoms with Crippen LogP contribution in [-0.2, 0) is 18.4 Å². The lowest BCUT2D eigenvalue weighted by Crippen LogP contribution is -2.24. The lowest BCUT2D eigenvalue weighted by Gasteiger charge is -2.09. The second-order valence-electron chi connectivity index (χ2n) is 6.81. The van der Waals surface area contributed by atoms with Crippen LogP contribution in [0.4, 0.5) is 5.69 Å². The van der Waals surface area contributed by atoms with Gasteiger partial charge in [0.1, 0.15) is 0 Å². The first-order chi connectivity index (χ1) is 14.3. The molecule has 3 aromatic rings. The Hall–Kier alpha value is -2.65. The number of halogens is 1. The molecular formula is C21H22BrN5O2S. The van der Waals surface area contributed by atoms with E-state index in [0.29, 0.717) is 16.5 Å². The third-order valence-electron chi connectivity index (χ3n) is 4.41. The average Bonchev–Trinajstić information content (AvgIpc) is 3.06. The molecular weight excluding hydrogens is 466 g/mol. The molecule has 0 saturated carbocycles. The number of amides is 2. The van der Waals surface area contributed by atoms with Crippen molar-refractivity contribution in [1.82, 2.24) is 20.1 Å². The Bertz CT molecular complexity index is 1080. The molecule has 1 heterocycles. The molecule has 0 atom stereocenters. The highest BCUT2D eigenvalue weighted by Crippen LogP contribution is 2.21. The monoisotopic (exact) mass is 487 g/mol. The molecule has 0 bridgehead atoms. The molecule has 30 heavy (non-hydrogen) atoms. The highest BCUT2D eigenvalue weighted by molar-refractivity contribution is 9.10. The fraction of sp³-hybridized carbons (Fsp3) is 0.238. The zero-order valence-corrected chi connectivity index (χ0v) is 19.3. The summed E-state index contributed by atoms with van der Waals surface area (Å²) in [5.74, 6) is 0.530. The summed E-state index contributed by atoms with van der Waals surface area (Å²) < 4.78 is 2.74. The van der Waals surface area contributed by atoms with Crippen LogP contribution in [0, 0.1) is 13.8 Å². The zero-order chi connectivity index (χ0) is 21.7. The summed E-state index contributed by atoms with van der Waals surface area (Å²) in [6.07, 6.45) is 0. The topological polar surface area (TPSA) is 88.9 Å². The highest BCUT2D eigenvalue weighted by atomic mass is 79.9. The minimum atomic E-state index is -0.167. The number of aromatic nitrogens is 3. The van der Waals surface area contributed by atoms with E-state index >= 15 is 0 Å². The number of hydrogen-bond donors (Lipinski definition) is 2. The van der Waals surface area contributed by atoms with Crippen molar-refractivity contribution in [3.05, 3.63) is 69.5 Å². The van der Waals surface area contributed by atoms with Crippen LogP contribution in [-0.4, -0.2) is 32.3 Å². The van der Waals surface area contributed by atoms with Crippen LogP contribution in [0.25, 0.3) is 0 Å². The first-order valence-corrected chi connectivity index (χ1v) is 11.0. The maximum absolute atomic E-state index is 12.3. The quantitative estimate of drug-likeness (QED) is 0.494. The zero-order valence-electron chi connectivity index (χ0n) is 16.9. The normalized spacial score (nSPS) is 10.7. The number of aryl methyl sites for hydroxylation is 2. The molecule has 156 valence electrons. The van der Waals surface area contributed by atoms with Crippen LogP contribution in [0.1, 0.15) is 27.3 Å². The number of nitrogens with one attached hydrogen (secondary N) is 2. The Labute approximate surface area is 187 Å². The van der Waals surface area contributed by atoms with E-state index in [-0.39, 0.29) is 24.1 Å². The molecule has 0 aliphatic heterocycles. The van der Waals surface area contributed by atoms with Gasteiger partial charge in [-0.2, -0.15) is 0 Å². The number of nitrogens with zero attached hydrogens (tertiary/aromatic N) is 3. The number of carbonyl (C=O) groups is 2. The molecule has 0 unspecified atom stereocenters. The molecule has 0 aliphatic rings. The van der Waals surface area contributed by atoms with Crippen molar-refractivity contribution in [3.63, 3.8) is 0 Å². The molecule has 0 spiro atoms. The maximum atomic E-state index is 12.3. The summed E-state index contributed by atoms with van der Waals surface area (Å²) in [5, 5.41) is 14.6. The molecule has 9 heteroatoms. The number of benzene rings is 2. The van der Waals surface area contributed by atoms with E-state index in [2.05, 4.69) is 36.8 Å². The van der Waals surface area contributed by atoms with E-state index in [0.717, 1.165) is 21.3 Å². The SMILES string of the molecule is Cc1cccc(C(=O)NCc2nnc(SCC(=O)Nc3ccc(Br)cc3C)n2C)c1. The largest absolute Gasteiger partial charge is 0.345 e. The smallest absolute Gasteiger partial charge is 0.251 e. The highest BCUT2D eigenvalue weighted by Gasteiger charge is 2.13. The van der Waals surface area contributed by atoms with Crippen LogP contribution in [0.15, 0.2) is 52.1 Å². The van der Waals surface area contributed by atoms with Gasteiger partial charge in [0, 0.05) is 22.8 Å². The van der Waals surface area contributed by atoms with Crippen molar-refractivity contribution < 1.29 is 9.59 Å². The van der Waals surface area contributed by atoms with Crippen molar-refractivity contribution >= 4 is 45.2 Å². The van der Waals surface area contributed by atoms with Crippen molar-refractivity contribution in [2.75, 3.05) is 11.1 Å². The first kappa shape index (κ1) is 22.0. The van der Waals surface area contributed by atoms with E-state index < -0.39 is 0 Å². The van der Waals surface area contributed by atoms with E-state index in [1.54, 1.807) is 10.6 Å². The van der Waals surface area contributed by atoms with Crippen LogP contribution < -0.4 is 10.6 Å². The second kappa shape index (κ2) is 9.90. The molecule has 0 aliphatic carbocycles. The van der Waals surface area contributed by atoms with Crippen molar-refractivity contribution in [1.29, 1.82) is 0 Å². The fourth-order valence-electron chi connectivity index (χ4n) is 2.76. The minimum Gasteiger partial charge on any atom is -0.345 e. The van der Waals surface area contributed by atoms with Gasteiger partial charge in [-0.3, -0.25) is 9.59 Å². The van der Waals surface area contributed by atoms with Crippen LogP contribution in [0.2, 0.25) is 0 Å². The lowest BCUT2D eigenvalue weighted by molar-refractivity contribution is -0.113. The molecule has 2 amide bonds. The Balaban J connectivity index is 1.53. The summed E-state index contributed by atoms with van der Waals surface area (Å²) in [6, 6.07) is 13.1. The van der Waals surface area contributed by atoms with Crippen molar-refractivity contribution in [2.45, 2.75) is 25.5 Å². The number of thioether (sulfide) groups is 1. The van der Waals surface area contributed by atoms with Gasteiger partial charge in [-0.15, -0.1) is 10.2 Å². The molecule has 3 rings (SSSR count). The molecule has 0 radical (unpaired) electrons. The molecule has 2 aromatic carbocycles. The van der Waals surface area contributed by atoms with Gasteiger partial charge in [-0.1, -0.05) is 45.4 Å². The molecule has 0 fully saturated rings. The van der Waals surface area contributed by atoms with Gasteiger partial charge in [0.25, 0.3) is 5.91 Å². The summed E-state index contributed by atoms with van der Waals surface area (Å²) in [5.41, 5.74) is 3.39. The minimum absolute atomic E-state index is 0.122. The van der Waals surface area contributed by atoms with Gasteiger partial charge in [-0.25, -0.2) is 0 Å².